The number of ether oxygens (including phenoxy) is 2. The van der Waals surface area contributed by atoms with Crippen molar-refractivity contribution in [2.75, 3.05) is 24.7 Å². The van der Waals surface area contributed by atoms with Gasteiger partial charge in [-0.2, -0.15) is 0 Å². The van der Waals surface area contributed by atoms with Gasteiger partial charge in [0, 0.05) is 33.1 Å². The molecule has 1 heterocycles. The molecule has 3 rings (SSSR count). The fraction of sp³-hybridized carbons (Fsp3) is 0.278. The van der Waals surface area contributed by atoms with Crippen LogP contribution in [0, 0.1) is 23.7 Å². The third kappa shape index (κ3) is 14.4. The van der Waals surface area contributed by atoms with Crippen LogP contribution in [0.5, 0.6) is 0 Å². The van der Waals surface area contributed by atoms with E-state index in [2.05, 4.69) is 85.4 Å². The highest BCUT2D eigenvalue weighted by molar-refractivity contribution is 7.99. The van der Waals surface area contributed by atoms with Crippen molar-refractivity contribution < 1.29 is 19.1 Å². The van der Waals surface area contributed by atoms with Gasteiger partial charge in [0.2, 0.25) is 0 Å². The SMILES string of the molecule is C=CC(=O)OCCCCCSc1ccc(C#Cc2ccc(C#Cc3ccc(SCCCCCOC(=O)C=C)cc3)s2)cc1. The Kier molecular flexibility index (Phi) is 16.0. The first kappa shape index (κ1) is 33.9. The number of benzene rings is 2. The standard InChI is InChI=1S/C36H36O4S3/c1-3-35(37)39-25-7-5-9-27-41-31-17-11-29(12-18-31)15-21-33-23-24-34(43-33)22-16-30-13-19-32(20-14-30)42-28-10-6-8-26-40-36(38)4-2/h3-4,11-14,17-20,23-24H,1-2,5-10,25-28H2. The first-order chi connectivity index (χ1) is 21.1. The summed E-state index contributed by atoms with van der Waals surface area (Å²) in [7, 11) is 0. The molecule has 0 radical (unpaired) electrons. The number of rotatable bonds is 16. The van der Waals surface area contributed by atoms with Crippen LogP contribution in [0.4, 0.5) is 0 Å². The van der Waals surface area contributed by atoms with Gasteiger partial charge in [-0.15, -0.1) is 34.9 Å². The Morgan fingerprint density at radius 3 is 1.42 bits per heavy atom. The lowest BCUT2D eigenvalue weighted by Gasteiger charge is -2.03. The summed E-state index contributed by atoms with van der Waals surface area (Å²) in [6.07, 6.45) is 8.35. The summed E-state index contributed by atoms with van der Waals surface area (Å²) in [5.74, 6) is 14.4. The van der Waals surface area contributed by atoms with Crippen molar-refractivity contribution >= 4 is 46.8 Å². The van der Waals surface area contributed by atoms with Gasteiger partial charge in [-0.25, -0.2) is 9.59 Å². The van der Waals surface area contributed by atoms with Crippen LogP contribution >= 0.6 is 34.9 Å². The lowest BCUT2D eigenvalue weighted by Crippen LogP contribution is -2.01. The average molecular weight is 629 g/mol. The van der Waals surface area contributed by atoms with Crippen LogP contribution in [0.1, 0.15) is 59.4 Å². The van der Waals surface area contributed by atoms with Crippen LogP contribution in [-0.4, -0.2) is 36.7 Å². The molecule has 0 unspecified atom stereocenters. The highest BCUT2D eigenvalue weighted by Crippen LogP contribution is 2.22. The minimum atomic E-state index is -0.356. The lowest BCUT2D eigenvalue weighted by atomic mass is 10.2. The fourth-order valence-corrected chi connectivity index (χ4v) is 6.15. The van der Waals surface area contributed by atoms with Gasteiger partial charge in [-0.3, -0.25) is 0 Å². The van der Waals surface area contributed by atoms with Crippen molar-refractivity contribution in [1.29, 1.82) is 0 Å². The van der Waals surface area contributed by atoms with Crippen LogP contribution in [0.2, 0.25) is 0 Å². The topological polar surface area (TPSA) is 52.6 Å². The zero-order chi connectivity index (χ0) is 30.5. The van der Waals surface area contributed by atoms with Gasteiger partial charge < -0.3 is 9.47 Å². The van der Waals surface area contributed by atoms with Crippen molar-refractivity contribution in [2.45, 2.75) is 48.3 Å². The van der Waals surface area contributed by atoms with E-state index in [0.717, 1.165) is 70.9 Å². The quantitative estimate of drug-likeness (QED) is 0.0521. The molecule has 0 spiro atoms. The zero-order valence-corrected chi connectivity index (χ0v) is 26.7. The molecule has 0 aliphatic carbocycles. The van der Waals surface area contributed by atoms with E-state index in [1.54, 1.807) is 11.3 Å². The van der Waals surface area contributed by atoms with Gasteiger partial charge in [0.1, 0.15) is 0 Å². The predicted molar refractivity (Wildman–Crippen MR) is 181 cm³/mol. The number of thioether (sulfide) groups is 2. The van der Waals surface area contributed by atoms with Crippen molar-refractivity contribution in [1.82, 2.24) is 0 Å². The summed E-state index contributed by atoms with van der Waals surface area (Å²) in [5, 5.41) is 0. The Morgan fingerprint density at radius 1 is 0.605 bits per heavy atom. The van der Waals surface area contributed by atoms with Crippen LogP contribution < -0.4 is 0 Å². The third-order valence-corrected chi connectivity index (χ3v) is 9.02. The molecule has 0 aliphatic rings. The highest BCUT2D eigenvalue weighted by atomic mass is 32.2. The Balaban J connectivity index is 1.35. The van der Waals surface area contributed by atoms with Gasteiger partial charge in [0.15, 0.2) is 0 Å². The molecule has 222 valence electrons. The second-order valence-electron chi connectivity index (χ2n) is 9.27. The predicted octanol–water partition coefficient (Wildman–Crippen LogP) is 8.53. The summed E-state index contributed by atoms with van der Waals surface area (Å²) in [4.78, 5) is 26.5. The number of unbranched alkanes of at least 4 members (excludes halogenated alkanes) is 4. The van der Waals surface area contributed by atoms with E-state index < -0.39 is 0 Å². The maximum atomic E-state index is 11.0. The first-order valence-electron chi connectivity index (χ1n) is 14.2. The average Bonchev–Trinajstić information content (AvgIpc) is 3.50. The smallest absolute Gasteiger partial charge is 0.330 e. The van der Waals surface area contributed by atoms with Crippen molar-refractivity contribution in [3.8, 4) is 23.7 Å². The molecule has 0 aliphatic heterocycles. The van der Waals surface area contributed by atoms with Crippen LogP contribution in [0.25, 0.3) is 0 Å². The molecule has 0 fully saturated rings. The molecule has 0 N–H and O–H groups in total. The highest BCUT2D eigenvalue weighted by Gasteiger charge is 2.00. The van der Waals surface area contributed by atoms with Crippen molar-refractivity contribution in [3.05, 3.63) is 107 Å². The van der Waals surface area contributed by atoms with E-state index in [-0.39, 0.29) is 11.9 Å². The summed E-state index contributed by atoms with van der Waals surface area (Å²) in [5.41, 5.74) is 1.97. The summed E-state index contributed by atoms with van der Waals surface area (Å²) < 4.78 is 9.99. The minimum absolute atomic E-state index is 0.356. The van der Waals surface area contributed by atoms with E-state index in [9.17, 15) is 9.59 Å². The summed E-state index contributed by atoms with van der Waals surface area (Å²) in [6, 6.07) is 20.7. The molecule has 0 saturated carbocycles. The number of esters is 2. The molecular formula is C36H36O4S3. The summed E-state index contributed by atoms with van der Waals surface area (Å²) in [6.45, 7) is 7.69. The molecule has 4 nitrogen and oxygen atoms in total. The molecule has 43 heavy (non-hydrogen) atoms. The summed E-state index contributed by atoms with van der Waals surface area (Å²) >= 11 is 5.25. The van der Waals surface area contributed by atoms with Gasteiger partial charge in [-0.05, 0) is 111 Å². The van der Waals surface area contributed by atoms with Crippen LogP contribution in [0.3, 0.4) is 0 Å². The van der Waals surface area contributed by atoms with E-state index in [1.165, 1.54) is 21.9 Å². The number of hydrogen-bond acceptors (Lipinski definition) is 7. The van der Waals surface area contributed by atoms with E-state index in [0.29, 0.717) is 13.2 Å². The fourth-order valence-electron chi connectivity index (χ4n) is 3.61. The second kappa shape index (κ2) is 20.3. The Hall–Kier alpha value is -3.62. The van der Waals surface area contributed by atoms with E-state index in [4.69, 9.17) is 9.47 Å². The van der Waals surface area contributed by atoms with E-state index >= 15 is 0 Å². The van der Waals surface area contributed by atoms with Crippen LogP contribution in [0.15, 0.2) is 95.8 Å². The molecular weight excluding hydrogens is 593 g/mol. The molecule has 7 heteroatoms. The second-order valence-corrected chi connectivity index (χ2v) is 12.7. The molecule has 0 saturated heterocycles. The van der Waals surface area contributed by atoms with Crippen molar-refractivity contribution in [3.63, 3.8) is 0 Å². The molecule has 1 aromatic heterocycles. The molecule has 3 aromatic rings. The molecule has 0 amide bonds. The van der Waals surface area contributed by atoms with Gasteiger partial charge >= 0.3 is 11.9 Å². The zero-order valence-electron chi connectivity index (χ0n) is 24.3. The van der Waals surface area contributed by atoms with Gasteiger partial charge in [-0.1, -0.05) is 36.8 Å². The number of thiophene rings is 1. The Labute approximate surface area is 268 Å². The largest absolute Gasteiger partial charge is 0.463 e. The molecule has 0 atom stereocenters. The maximum absolute atomic E-state index is 11.0. The van der Waals surface area contributed by atoms with Crippen molar-refractivity contribution in [2.24, 2.45) is 0 Å². The monoisotopic (exact) mass is 628 g/mol. The first-order valence-corrected chi connectivity index (χ1v) is 17.0. The van der Waals surface area contributed by atoms with Gasteiger partial charge in [0.05, 0.1) is 23.0 Å². The Bertz CT molecular complexity index is 1340. The maximum Gasteiger partial charge on any atom is 0.330 e. The number of carbonyl (C=O) groups is 2. The minimum Gasteiger partial charge on any atom is -0.463 e. The molecule has 0 bridgehead atoms. The van der Waals surface area contributed by atoms with E-state index in [1.807, 2.05) is 35.7 Å². The van der Waals surface area contributed by atoms with Crippen LogP contribution in [-0.2, 0) is 19.1 Å². The number of hydrogen-bond donors (Lipinski definition) is 0. The van der Waals surface area contributed by atoms with Gasteiger partial charge in [0.25, 0.3) is 0 Å². The lowest BCUT2D eigenvalue weighted by molar-refractivity contribution is -0.138. The molecule has 2 aromatic carbocycles. The third-order valence-electron chi connectivity index (χ3n) is 5.91. The Morgan fingerprint density at radius 2 is 1.02 bits per heavy atom. The normalized spacial score (nSPS) is 10.0. The number of carbonyl (C=O) groups excluding carboxylic acids is 2.